The molecule has 0 bridgehead atoms. The van der Waals surface area contributed by atoms with Gasteiger partial charge in [-0.05, 0) is 32.2 Å². The average Bonchev–Trinajstić information content (AvgIpc) is 2.14. The van der Waals surface area contributed by atoms with Crippen molar-refractivity contribution in [3.63, 3.8) is 0 Å². The predicted octanol–water partition coefficient (Wildman–Crippen LogP) is 1.72. The Morgan fingerprint density at radius 1 is 1.50 bits per heavy atom. The second-order valence-electron chi connectivity index (χ2n) is 3.27. The van der Waals surface area contributed by atoms with Crippen molar-refractivity contribution in [3.8, 4) is 0 Å². The summed E-state index contributed by atoms with van der Waals surface area (Å²) in [6, 6.07) is 0. The van der Waals surface area contributed by atoms with Crippen LogP contribution in [0.15, 0.2) is 12.7 Å². The molecule has 1 aliphatic rings. The normalized spacial score (nSPS) is 23.8. The zero-order chi connectivity index (χ0) is 8.65. The maximum atomic E-state index is 5.59. The topological polar surface area (TPSA) is 21.3 Å². The first-order valence-corrected chi connectivity index (χ1v) is 4.86. The van der Waals surface area contributed by atoms with Gasteiger partial charge in [-0.2, -0.15) is 0 Å². The van der Waals surface area contributed by atoms with Gasteiger partial charge in [0.15, 0.2) is 0 Å². The monoisotopic (exact) mass is 169 g/mol. The molecule has 1 aliphatic heterocycles. The average molecular weight is 169 g/mol. The molecule has 1 rings (SSSR count). The molecule has 1 fully saturated rings. The summed E-state index contributed by atoms with van der Waals surface area (Å²) in [7, 11) is 0. The summed E-state index contributed by atoms with van der Waals surface area (Å²) >= 11 is 0. The van der Waals surface area contributed by atoms with Gasteiger partial charge in [-0.25, -0.2) is 0 Å². The van der Waals surface area contributed by atoms with E-state index in [1.165, 1.54) is 19.3 Å². The molecule has 0 aromatic rings. The lowest BCUT2D eigenvalue weighted by molar-refractivity contribution is 0.0117. The van der Waals surface area contributed by atoms with Crippen molar-refractivity contribution in [1.29, 1.82) is 0 Å². The van der Waals surface area contributed by atoms with Crippen LogP contribution >= 0.6 is 0 Å². The molecular formula is C10H19NO. The predicted molar refractivity (Wildman–Crippen MR) is 51.3 cm³/mol. The van der Waals surface area contributed by atoms with Gasteiger partial charge in [-0.15, -0.1) is 6.58 Å². The van der Waals surface area contributed by atoms with Crippen LogP contribution in [0.3, 0.4) is 0 Å². The maximum Gasteiger partial charge on any atom is 0.0587 e. The lowest BCUT2D eigenvalue weighted by atomic mass is 10.1. The largest absolute Gasteiger partial charge is 0.378 e. The Labute approximate surface area is 75.0 Å². The lowest BCUT2D eigenvalue weighted by Gasteiger charge is -2.22. The quantitative estimate of drug-likeness (QED) is 0.500. The molecule has 70 valence electrons. The Morgan fingerprint density at radius 3 is 3.08 bits per heavy atom. The fourth-order valence-corrected chi connectivity index (χ4v) is 1.50. The molecule has 1 N–H and O–H groups in total. The van der Waals surface area contributed by atoms with E-state index in [2.05, 4.69) is 11.9 Å². The van der Waals surface area contributed by atoms with Crippen LogP contribution in [0.4, 0.5) is 0 Å². The summed E-state index contributed by atoms with van der Waals surface area (Å²) in [4.78, 5) is 0. The second-order valence-corrected chi connectivity index (χ2v) is 3.27. The fourth-order valence-electron chi connectivity index (χ4n) is 1.50. The Kier molecular flexibility index (Phi) is 5.04. The highest BCUT2D eigenvalue weighted by atomic mass is 16.5. The SMILES string of the molecule is C=CCNCCC1CCCCO1. The number of rotatable bonds is 5. The molecule has 0 aromatic heterocycles. The Hall–Kier alpha value is -0.340. The van der Waals surface area contributed by atoms with Crippen LogP contribution in [-0.2, 0) is 4.74 Å². The Balaban J connectivity index is 1.94. The van der Waals surface area contributed by atoms with Crippen LogP contribution in [-0.4, -0.2) is 25.8 Å². The van der Waals surface area contributed by atoms with Gasteiger partial charge in [0, 0.05) is 13.2 Å². The third kappa shape index (κ3) is 3.88. The van der Waals surface area contributed by atoms with Crippen molar-refractivity contribution in [1.82, 2.24) is 5.32 Å². The van der Waals surface area contributed by atoms with Gasteiger partial charge in [0.05, 0.1) is 6.10 Å². The van der Waals surface area contributed by atoms with Crippen molar-refractivity contribution < 1.29 is 4.74 Å². The van der Waals surface area contributed by atoms with Gasteiger partial charge in [0.25, 0.3) is 0 Å². The number of hydrogen-bond acceptors (Lipinski definition) is 2. The molecular weight excluding hydrogens is 150 g/mol. The molecule has 0 spiro atoms. The highest BCUT2D eigenvalue weighted by molar-refractivity contribution is 4.71. The van der Waals surface area contributed by atoms with Crippen LogP contribution in [0.5, 0.6) is 0 Å². The van der Waals surface area contributed by atoms with Crippen LogP contribution in [0, 0.1) is 0 Å². The van der Waals surface area contributed by atoms with Crippen molar-refractivity contribution >= 4 is 0 Å². The smallest absolute Gasteiger partial charge is 0.0587 e. The first-order chi connectivity index (χ1) is 5.93. The number of hydrogen-bond donors (Lipinski definition) is 1. The van der Waals surface area contributed by atoms with E-state index < -0.39 is 0 Å². The van der Waals surface area contributed by atoms with Gasteiger partial charge >= 0.3 is 0 Å². The zero-order valence-corrected chi connectivity index (χ0v) is 7.72. The number of nitrogens with one attached hydrogen (secondary N) is 1. The molecule has 12 heavy (non-hydrogen) atoms. The van der Waals surface area contributed by atoms with Crippen LogP contribution in [0.1, 0.15) is 25.7 Å². The van der Waals surface area contributed by atoms with Crippen molar-refractivity contribution in [2.45, 2.75) is 31.8 Å². The molecule has 2 heteroatoms. The van der Waals surface area contributed by atoms with E-state index in [9.17, 15) is 0 Å². The van der Waals surface area contributed by atoms with Gasteiger partial charge in [-0.3, -0.25) is 0 Å². The van der Waals surface area contributed by atoms with Gasteiger partial charge in [0.1, 0.15) is 0 Å². The zero-order valence-electron chi connectivity index (χ0n) is 7.72. The highest BCUT2D eigenvalue weighted by Crippen LogP contribution is 2.14. The first-order valence-electron chi connectivity index (χ1n) is 4.86. The minimum absolute atomic E-state index is 0.510. The highest BCUT2D eigenvalue weighted by Gasteiger charge is 2.12. The molecule has 1 heterocycles. The molecule has 1 unspecified atom stereocenters. The lowest BCUT2D eigenvalue weighted by Crippen LogP contribution is -2.25. The van der Waals surface area contributed by atoms with E-state index in [4.69, 9.17) is 4.74 Å². The van der Waals surface area contributed by atoms with Crippen LogP contribution < -0.4 is 5.32 Å². The van der Waals surface area contributed by atoms with Crippen LogP contribution in [0.2, 0.25) is 0 Å². The third-order valence-electron chi connectivity index (χ3n) is 2.21. The summed E-state index contributed by atoms with van der Waals surface area (Å²) < 4.78 is 5.59. The molecule has 0 radical (unpaired) electrons. The molecule has 0 saturated carbocycles. The molecule has 0 amide bonds. The van der Waals surface area contributed by atoms with Crippen molar-refractivity contribution in [2.24, 2.45) is 0 Å². The van der Waals surface area contributed by atoms with Gasteiger partial charge in [-0.1, -0.05) is 6.08 Å². The van der Waals surface area contributed by atoms with E-state index >= 15 is 0 Å². The Morgan fingerprint density at radius 2 is 2.42 bits per heavy atom. The minimum Gasteiger partial charge on any atom is -0.378 e. The maximum absolute atomic E-state index is 5.59. The summed E-state index contributed by atoms with van der Waals surface area (Å²) in [5.74, 6) is 0. The fraction of sp³-hybridized carbons (Fsp3) is 0.800. The van der Waals surface area contributed by atoms with Crippen LogP contribution in [0.25, 0.3) is 0 Å². The third-order valence-corrected chi connectivity index (χ3v) is 2.21. The summed E-state index contributed by atoms with van der Waals surface area (Å²) in [6.07, 6.45) is 7.38. The van der Waals surface area contributed by atoms with E-state index in [1.807, 2.05) is 6.08 Å². The van der Waals surface area contributed by atoms with Crippen molar-refractivity contribution in [3.05, 3.63) is 12.7 Å². The molecule has 2 nitrogen and oxygen atoms in total. The van der Waals surface area contributed by atoms with Gasteiger partial charge < -0.3 is 10.1 Å². The minimum atomic E-state index is 0.510. The van der Waals surface area contributed by atoms with E-state index in [1.54, 1.807) is 0 Å². The van der Waals surface area contributed by atoms with E-state index in [-0.39, 0.29) is 0 Å². The Bertz CT molecular complexity index is 119. The molecule has 0 aliphatic carbocycles. The standard InChI is InChI=1S/C10H19NO/c1-2-7-11-8-6-10-5-3-4-9-12-10/h2,10-11H,1,3-9H2. The molecule has 1 saturated heterocycles. The molecule has 1 atom stereocenters. The molecule has 0 aromatic carbocycles. The second kappa shape index (κ2) is 6.21. The first kappa shape index (κ1) is 9.75. The van der Waals surface area contributed by atoms with Crippen molar-refractivity contribution in [2.75, 3.05) is 19.7 Å². The number of ether oxygens (including phenoxy) is 1. The van der Waals surface area contributed by atoms with E-state index in [0.717, 1.165) is 26.1 Å². The summed E-state index contributed by atoms with van der Waals surface area (Å²) in [5, 5.41) is 3.28. The van der Waals surface area contributed by atoms with Gasteiger partial charge in [0.2, 0.25) is 0 Å². The summed E-state index contributed by atoms with van der Waals surface area (Å²) in [5.41, 5.74) is 0. The van der Waals surface area contributed by atoms with E-state index in [0.29, 0.717) is 6.10 Å². The summed E-state index contributed by atoms with van der Waals surface area (Å²) in [6.45, 7) is 6.58.